The molecule has 1 heterocycles. The maximum absolute atomic E-state index is 12.2. The van der Waals surface area contributed by atoms with Gasteiger partial charge in [-0.15, -0.1) is 0 Å². The Morgan fingerprint density at radius 1 is 1.32 bits per heavy atom. The maximum atomic E-state index is 12.2. The minimum Gasteiger partial charge on any atom is -0.454 e. The Morgan fingerprint density at radius 2 is 2.00 bits per heavy atom. The van der Waals surface area contributed by atoms with E-state index >= 15 is 0 Å². The molecule has 1 saturated carbocycles. The molecule has 0 spiro atoms. The summed E-state index contributed by atoms with van der Waals surface area (Å²) in [5.41, 5.74) is -0.994. The molecule has 0 aromatic carbocycles. The average Bonchev–Trinajstić information content (AvgIpc) is 2.79. The molecule has 2 fully saturated rings. The number of hydrogen-bond donors (Lipinski definition) is 2. The summed E-state index contributed by atoms with van der Waals surface area (Å²) in [6.07, 6.45) is 4.68. The van der Waals surface area contributed by atoms with Crippen LogP contribution in [0.5, 0.6) is 0 Å². The lowest BCUT2D eigenvalue weighted by atomic mass is 9.86. The Balaban J connectivity index is 1.78. The normalized spacial score (nSPS) is 29.3. The van der Waals surface area contributed by atoms with E-state index in [0.717, 1.165) is 24.2 Å². The Morgan fingerprint density at radius 3 is 2.60 bits per heavy atom. The summed E-state index contributed by atoms with van der Waals surface area (Å²) >= 11 is 0. The lowest BCUT2D eigenvalue weighted by Gasteiger charge is -2.29. The number of carbonyl (C=O) groups excluding carboxylic acids is 4. The molecule has 0 aromatic heterocycles. The van der Waals surface area contributed by atoms with Gasteiger partial charge in [-0.1, -0.05) is 26.7 Å². The van der Waals surface area contributed by atoms with Crippen LogP contribution in [-0.2, 0) is 19.1 Å². The topological polar surface area (TPSA) is 105 Å². The highest BCUT2D eigenvalue weighted by Crippen LogP contribution is 2.23. The van der Waals surface area contributed by atoms with E-state index in [4.69, 9.17) is 4.74 Å². The first-order chi connectivity index (χ1) is 11.8. The molecule has 1 aliphatic carbocycles. The van der Waals surface area contributed by atoms with Crippen LogP contribution in [0.1, 0.15) is 52.9 Å². The number of carbonyl (C=O) groups is 4. The summed E-state index contributed by atoms with van der Waals surface area (Å²) < 4.78 is 4.92. The third-order valence-corrected chi connectivity index (χ3v) is 5.16. The molecule has 0 unspecified atom stereocenters. The van der Waals surface area contributed by atoms with Crippen LogP contribution in [0, 0.1) is 5.92 Å². The van der Waals surface area contributed by atoms with Gasteiger partial charge in [0.1, 0.15) is 12.1 Å². The third-order valence-electron chi connectivity index (χ3n) is 5.16. The van der Waals surface area contributed by atoms with Gasteiger partial charge >= 0.3 is 12.0 Å². The molecule has 140 valence electrons. The lowest BCUT2D eigenvalue weighted by molar-refractivity contribution is -0.151. The van der Waals surface area contributed by atoms with Crippen LogP contribution in [-0.4, -0.2) is 53.4 Å². The van der Waals surface area contributed by atoms with Crippen molar-refractivity contribution in [1.29, 1.82) is 0 Å². The predicted octanol–water partition coefficient (Wildman–Crippen LogP) is 0.945. The Kier molecular flexibility index (Phi) is 6.02. The molecule has 1 saturated heterocycles. The third kappa shape index (κ3) is 4.49. The van der Waals surface area contributed by atoms with Crippen LogP contribution in [0.15, 0.2) is 0 Å². The van der Waals surface area contributed by atoms with E-state index in [1.165, 1.54) is 6.42 Å². The highest BCUT2D eigenvalue weighted by atomic mass is 16.5. The second-order valence-corrected chi connectivity index (χ2v) is 7.10. The van der Waals surface area contributed by atoms with Crippen LogP contribution < -0.4 is 10.6 Å². The van der Waals surface area contributed by atoms with Gasteiger partial charge in [0, 0.05) is 6.04 Å². The van der Waals surface area contributed by atoms with Gasteiger partial charge in [-0.25, -0.2) is 4.79 Å². The monoisotopic (exact) mass is 353 g/mol. The van der Waals surface area contributed by atoms with Crippen molar-refractivity contribution in [1.82, 2.24) is 15.5 Å². The Labute approximate surface area is 147 Å². The Hall–Kier alpha value is -2.12. The lowest BCUT2D eigenvalue weighted by Crippen LogP contribution is -2.44. The number of ether oxygens (including phenoxy) is 1. The largest absolute Gasteiger partial charge is 0.454 e. The van der Waals surface area contributed by atoms with Gasteiger partial charge in [0.2, 0.25) is 0 Å². The summed E-state index contributed by atoms with van der Waals surface area (Å²) in [6.45, 7) is 4.58. The van der Waals surface area contributed by atoms with E-state index in [9.17, 15) is 19.2 Å². The van der Waals surface area contributed by atoms with Crippen molar-refractivity contribution in [3.8, 4) is 0 Å². The number of rotatable bonds is 6. The second kappa shape index (κ2) is 7.84. The standard InChI is InChI=1S/C17H27N3O5/c1-4-17(3)15(23)20(16(24)19-17)9-14(22)25-10-13(21)18-12-8-6-5-7-11(12)2/h11-12H,4-10H2,1-3H3,(H,18,21)(H,19,24)/t11-,12+,17-/m0/s1. The van der Waals surface area contributed by atoms with Crippen molar-refractivity contribution in [2.45, 2.75) is 64.5 Å². The fraction of sp³-hybridized carbons (Fsp3) is 0.765. The van der Waals surface area contributed by atoms with Gasteiger partial charge in [-0.3, -0.25) is 19.3 Å². The summed E-state index contributed by atoms with van der Waals surface area (Å²) in [6, 6.07) is -0.511. The SMILES string of the molecule is CC[C@]1(C)NC(=O)N(CC(=O)OCC(=O)N[C@@H]2CCCC[C@@H]2C)C1=O. The maximum Gasteiger partial charge on any atom is 0.326 e. The van der Waals surface area contributed by atoms with E-state index in [2.05, 4.69) is 17.6 Å². The van der Waals surface area contributed by atoms with Gasteiger partial charge in [0.05, 0.1) is 0 Å². The Bertz CT molecular complexity index is 564. The second-order valence-electron chi connectivity index (χ2n) is 7.10. The van der Waals surface area contributed by atoms with Crippen LogP contribution >= 0.6 is 0 Å². The fourth-order valence-electron chi connectivity index (χ4n) is 3.23. The number of hydrogen-bond acceptors (Lipinski definition) is 5. The van der Waals surface area contributed by atoms with Crippen molar-refractivity contribution in [3.05, 3.63) is 0 Å². The fourth-order valence-corrected chi connectivity index (χ4v) is 3.23. The number of imide groups is 1. The highest BCUT2D eigenvalue weighted by molar-refractivity contribution is 6.08. The van der Waals surface area contributed by atoms with Crippen LogP contribution in [0.3, 0.4) is 0 Å². The van der Waals surface area contributed by atoms with E-state index in [1.54, 1.807) is 13.8 Å². The molecular formula is C17H27N3O5. The molecule has 8 heteroatoms. The zero-order valence-corrected chi connectivity index (χ0v) is 15.1. The quantitative estimate of drug-likeness (QED) is 0.546. The predicted molar refractivity (Wildman–Crippen MR) is 89.5 cm³/mol. The number of urea groups is 1. The molecule has 2 aliphatic rings. The number of nitrogens with one attached hydrogen (secondary N) is 2. The molecular weight excluding hydrogens is 326 g/mol. The first-order valence-corrected chi connectivity index (χ1v) is 8.86. The van der Waals surface area contributed by atoms with Gasteiger partial charge in [0.25, 0.3) is 11.8 Å². The number of amides is 4. The molecule has 1 aliphatic heterocycles. The molecule has 2 N–H and O–H groups in total. The van der Waals surface area contributed by atoms with Crippen molar-refractivity contribution >= 4 is 23.8 Å². The van der Waals surface area contributed by atoms with Gasteiger partial charge in [0.15, 0.2) is 6.61 Å². The highest BCUT2D eigenvalue weighted by Gasteiger charge is 2.47. The summed E-state index contributed by atoms with van der Waals surface area (Å²) in [5, 5.41) is 5.44. The molecule has 0 aromatic rings. The molecule has 2 rings (SSSR count). The van der Waals surface area contributed by atoms with Crippen LogP contribution in [0.25, 0.3) is 0 Å². The van der Waals surface area contributed by atoms with Crippen molar-refractivity contribution in [3.63, 3.8) is 0 Å². The van der Waals surface area contributed by atoms with E-state index < -0.39 is 36.6 Å². The summed E-state index contributed by atoms with van der Waals surface area (Å²) in [4.78, 5) is 48.7. The molecule has 25 heavy (non-hydrogen) atoms. The number of esters is 1. The van der Waals surface area contributed by atoms with Crippen molar-refractivity contribution < 1.29 is 23.9 Å². The summed E-state index contributed by atoms with van der Waals surface area (Å²) in [5.74, 6) is -1.19. The van der Waals surface area contributed by atoms with Crippen molar-refractivity contribution in [2.24, 2.45) is 5.92 Å². The minimum atomic E-state index is -0.994. The van der Waals surface area contributed by atoms with Gasteiger partial charge in [-0.2, -0.15) is 0 Å². The molecule has 0 radical (unpaired) electrons. The smallest absolute Gasteiger partial charge is 0.326 e. The minimum absolute atomic E-state index is 0.108. The van der Waals surface area contributed by atoms with Gasteiger partial charge in [-0.05, 0) is 32.1 Å². The van der Waals surface area contributed by atoms with E-state index in [1.807, 2.05) is 0 Å². The average molecular weight is 353 g/mol. The first-order valence-electron chi connectivity index (χ1n) is 8.86. The zero-order valence-electron chi connectivity index (χ0n) is 15.1. The molecule has 3 atom stereocenters. The van der Waals surface area contributed by atoms with E-state index in [-0.39, 0.29) is 11.9 Å². The summed E-state index contributed by atoms with van der Waals surface area (Å²) in [7, 11) is 0. The van der Waals surface area contributed by atoms with Crippen LogP contribution in [0.2, 0.25) is 0 Å². The van der Waals surface area contributed by atoms with E-state index in [0.29, 0.717) is 12.3 Å². The molecule has 4 amide bonds. The molecule has 8 nitrogen and oxygen atoms in total. The van der Waals surface area contributed by atoms with Crippen molar-refractivity contribution in [2.75, 3.05) is 13.2 Å². The molecule has 0 bridgehead atoms. The first kappa shape index (κ1) is 19.2. The number of nitrogens with zero attached hydrogens (tertiary/aromatic N) is 1. The zero-order chi connectivity index (χ0) is 18.6. The van der Waals surface area contributed by atoms with Crippen LogP contribution in [0.4, 0.5) is 4.79 Å². The van der Waals surface area contributed by atoms with Gasteiger partial charge < -0.3 is 15.4 Å².